The molecular formula is C19H27NO3. The van der Waals surface area contributed by atoms with Crippen molar-refractivity contribution in [2.75, 3.05) is 13.1 Å². The number of phenolic OH excluding ortho intramolecular Hbond substituents is 2. The summed E-state index contributed by atoms with van der Waals surface area (Å²) in [4.78, 5) is 0. The molecular weight excluding hydrogens is 290 g/mol. The minimum Gasteiger partial charge on any atom is -0.504 e. The highest BCUT2D eigenvalue weighted by Gasteiger charge is 2.34. The first-order valence-electron chi connectivity index (χ1n) is 8.71. The van der Waals surface area contributed by atoms with Crippen LogP contribution in [0.15, 0.2) is 24.8 Å². The third-order valence-corrected chi connectivity index (χ3v) is 5.18. The summed E-state index contributed by atoms with van der Waals surface area (Å²) < 4.78 is 6.40. The smallest absolute Gasteiger partial charge is 0.161 e. The molecule has 1 saturated carbocycles. The van der Waals surface area contributed by atoms with Crippen LogP contribution in [0.5, 0.6) is 11.5 Å². The monoisotopic (exact) mass is 317 g/mol. The number of aromatic hydroxyl groups is 2. The molecule has 4 heteroatoms. The van der Waals surface area contributed by atoms with Crippen molar-refractivity contribution in [1.29, 1.82) is 0 Å². The zero-order valence-electron chi connectivity index (χ0n) is 13.6. The summed E-state index contributed by atoms with van der Waals surface area (Å²) in [5, 5.41) is 23.5. The van der Waals surface area contributed by atoms with Crippen LogP contribution in [-0.4, -0.2) is 29.4 Å². The van der Waals surface area contributed by atoms with Gasteiger partial charge in [0.2, 0.25) is 0 Å². The van der Waals surface area contributed by atoms with E-state index in [-0.39, 0.29) is 23.7 Å². The lowest BCUT2D eigenvalue weighted by Crippen LogP contribution is -2.37. The molecule has 0 unspecified atom stereocenters. The van der Waals surface area contributed by atoms with Crippen molar-refractivity contribution in [1.82, 2.24) is 5.32 Å². The Balaban J connectivity index is 1.84. The number of phenols is 2. The van der Waals surface area contributed by atoms with Crippen LogP contribution >= 0.6 is 0 Å². The molecule has 0 aromatic heterocycles. The zero-order valence-corrected chi connectivity index (χ0v) is 13.6. The fourth-order valence-corrected chi connectivity index (χ4v) is 3.95. The van der Waals surface area contributed by atoms with Gasteiger partial charge in [0.15, 0.2) is 11.5 Å². The highest BCUT2D eigenvalue weighted by molar-refractivity contribution is 5.51. The Kier molecular flexibility index (Phi) is 5.23. The molecule has 126 valence electrons. The third-order valence-electron chi connectivity index (χ3n) is 5.18. The van der Waals surface area contributed by atoms with Gasteiger partial charge in [-0.1, -0.05) is 31.4 Å². The Morgan fingerprint density at radius 3 is 2.74 bits per heavy atom. The number of hydrogen-bond donors (Lipinski definition) is 3. The second kappa shape index (κ2) is 7.37. The van der Waals surface area contributed by atoms with Crippen LogP contribution in [0.4, 0.5) is 0 Å². The lowest BCUT2D eigenvalue weighted by molar-refractivity contribution is -0.0623. The second-order valence-corrected chi connectivity index (χ2v) is 6.71. The molecule has 1 heterocycles. The second-order valence-electron chi connectivity index (χ2n) is 6.71. The van der Waals surface area contributed by atoms with Crippen LogP contribution in [0.2, 0.25) is 0 Å². The van der Waals surface area contributed by atoms with Crippen LogP contribution in [0.1, 0.15) is 49.3 Å². The predicted octanol–water partition coefficient (Wildman–Crippen LogP) is 3.44. The lowest BCUT2D eigenvalue weighted by atomic mass is 9.80. The Bertz CT molecular complexity index is 552. The Morgan fingerprint density at radius 1 is 1.22 bits per heavy atom. The molecule has 0 bridgehead atoms. The number of benzene rings is 1. The molecule has 3 N–H and O–H groups in total. The molecule has 1 aromatic rings. The number of nitrogens with one attached hydrogen (secondary N) is 1. The summed E-state index contributed by atoms with van der Waals surface area (Å²) in [6, 6.07) is 3.43. The minimum absolute atomic E-state index is 0.0281. The molecule has 0 saturated heterocycles. The quantitative estimate of drug-likeness (QED) is 0.442. The summed E-state index contributed by atoms with van der Waals surface area (Å²) in [6.07, 6.45) is 8.82. The van der Waals surface area contributed by atoms with Gasteiger partial charge in [0.1, 0.15) is 0 Å². The first-order valence-corrected chi connectivity index (χ1v) is 8.71. The van der Waals surface area contributed by atoms with Crippen LogP contribution in [-0.2, 0) is 11.2 Å². The Morgan fingerprint density at radius 2 is 2.00 bits per heavy atom. The molecule has 4 nitrogen and oxygen atoms in total. The summed E-state index contributed by atoms with van der Waals surface area (Å²) in [5.74, 6) is 0.548. The van der Waals surface area contributed by atoms with Crippen LogP contribution in [0.3, 0.4) is 0 Å². The fourth-order valence-electron chi connectivity index (χ4n) is 3.95. The molecule has 1 aliphatic carbocycles. The minimum atomic E-state index is -0.0860. The molecule has 2 atom stereocenters. The SMILES string of the molecule is C=CCNC[C@H]1O[C@@H](C2CCCCC2)Cc2c1ccc(O)c2O. The van der Waals surface area contributed by atoms with Gasteiger partial charge >= 0.3 is 0 Å². The van der Waals surface area contributed by atoms with Crippen molar-refractivity contribution in [3.05, 3.63) is 35.9 Å². The van der Waals surface area contributed by atoms with Gasteiger partial charge in [0.05, 0.1) is 12.2 Å². The van der Waals surface area contributed by atoms with E-state index in [1.54, 1.807) is 6.07 Å². The van der Waals surface area contributed by atoms with E-state index in [0.29, 0.717) is 18.9 Å². The van der Waals surface area contributed by atoms with Gasteiger partial charge in [-0.3, -0.25) is 0 Å². The average Bonchev–Trinajstić information content (AvgIpc) is 2.59. The maximum Gasteiger partial charge on any atom is 0.161 e. The van der Waals surface area contributed by atoms with Crippen LogP contribution in [0, 0.1) is 5.92 Å². The maximum atomic E-state index is 10.3. The van der Waals surface area contributed by atoms with E-state index in [2.05, 4.69) is 11.9 Å². The molecule has 1 fully saturated rings. The van der Waals surface area contributed by atoms with E-state index in [9.17, 15) is 10.2 Å². The normalized spacial score (nSPS) is 25.0. The average molecular weight is 317 g/mol. The first kappa shape index (κ1) is 16.3. The van der Waals surface area contributed by atoms with E-state index in [0.717, 1.165) is 17.7 Å². The van der Waals surface area contributed by atoms with Gasteiger partial charge in [-0.05, 0) is 30.4 Å². The molecule has 1 aromatic carbocycles. The summed E-state index contributed by atoms with van der Waals surface area (Å²) in [7, 11) is 0. The Hall–Kier alpha value is -1.52. The lowest BCUT2D eigenvalue weighted by Gasteiger charge is -2.38. The van der Waals surface area contributed by atoms with E-state index in [1.165, 1.54) is 32.1 Å². The molecule has 0 amide bonds. The summed E-state index contributed by atoms with van der Waals surface area (Å²) in [5.41, 5.74) is 1.85. The van der Waals surface area contributed by atoms with Crippen molar-refractivity contribution in [3.8, 4) is 11.5 Å². The highest BCUT2D eigenvalue weighted by Crippen LogP contribution is 2.43. The molecule has 0 spiro atoms. The van der Waals surface area contributed by atoms with E-state index in [4.69, 9.17) is 4.74 Å². The van der Waals surface area contributed by atoms with E-state index < -0.39 is 0 Å². The number of hydrogen-bond acceptors (Lipinski definition) is 4. The largest absolute Gasteiger partial charge is 0.504 e. The van der Waals surface area contributed by atoms with Gasteiger partial charge in [0, 0.05) is 25.1 Å². The summed E-state index contributed by atoms with van der Waals surface area (Å²) >= 11 is 0. The van der Waals surface area contributed by atoms with Gasteiger partial charge < -0.3 is 20.3 Å². The van der Waals surface area contributed by atoms with Crippen LogP contribution in [0.25, 0.3) is 0 Å². The molecule has 0 radical (unpaired) electrons. The molecule has 3 rings (SSSR count). The number of fused-ring (bicyclic) bond motifs is 1. The van der Waals surface area contributed by atoms with Crippen molar-refractivity contribution >= 4 is 0 Å². The van der Waals surface area contributed by atoms with Gasteiger partial charge in [-0.25, -0.2) is 0 Å². The predicted molar refractivity (Wildman–Crippen MR) is 90.7 cm³/mol. The topological polar surface area (TPSA) is 61.7 Å². The maximum absolute atomic E-state index is 10.3. The van der Waals surface area contributed by atoms with Gasteiger partial charge in [-0.2, -0.15) is 0 Å². The van der Waals surface area contributed by atoms with E-state index >= 15 is 0 Å². The third kappa shape index (κ3) is 3.54. The number of ether oxygens (including phenoxy) is 1. The highest BCUT2D eigenvalue weighted by atomic mass is 16.5. The van der Waals surface area contributed by atoms with Crippen LogP contribution < -0.4 is 5.32 Å². The molecule has 2 aliphatic rings. The summed E-state index contributed by atoms with van der Waals surface area (Å²) in [6.45, 7) is 5.14. The van der Waals surface area contributed by atoms with Crippen molar-refractivity contribution < 1.29 is 14.9 Å². The van der Waals surface area contributed by atoms with Crippen molar-refractivity contribution in [3.63, 3.8) is 0 Å². The standard InChI is InChI=1S/C19H27NO3/c1-2-10-20-12-18-14-8-9-16(21)19(22)15(14)11-17(23-18)13-6-4-3-5-7-13/h2,8-9,13,17-18,20-22H,1,3-7,10-12H2/t17-,18-/m1/s1. The first-order chi connectivity index (χ1) is 11.2. The molecule has 23 heavy (non-hydrogen) atoms. The van der Waals surface area contributed by atoms with Crippen molar-refractivity contribution in [2.24, 2.45) is 5.92 Å². The van der Waals surface area contributed by atoms with E-state index in [1.807, 2.05) is 12.1 Å². The number of rotatable bonds is 5. The Labute approximate surface area is 138 Å². The molecule has 1 aliphatic heterocycles. The van der Waals surface area contributed by atoms with Gasteiger partial charge in [-0.15, -0.1) is 6.58 Å². The fraction of sp³-hybridized carbons (Fsp3) is 0.579. The van der Waals surface area contributed by atoms with Gasteiger partial charge in [0.25, 0.3) is 0 Å². The zero-order chi connectivity index (χ0) is 16.2. The van der Waals surface area contributed by atoms with Crippen molar-refractivity contribution in [2.45, 2.75) is 50.7 Å².